The molecular weight excluding hydrogens is 320 g/mol. The van der Waals surface area contributed by atoms with E-state index in [1.807, 2.05) is 4.90 Å². The summed E-state index contributed by atoms with van der Waals surface area (Å²) in [5, 5.41) is 0. The standard InChI is InChI=1S/C15H18F4N2.ClH/c16-11-3-1-10(13(5-11)15(17,18)19)7-21-6-9-2-4-14(20)12(9)8-21;/h1,3,5,9,12,14H,2,4,6-8,20H2;1H. The number of alkyl halides is 3. The second-order valence-electron chi connectivity index (χ2n) is 6.16. The largest absolute Gasteiger partial charge is 0.416 e. The van der Waals surface area contributed by atoms with Gasteiger partial charge in [0.2, 0.25) is 0 Å². The van der Waals surface area contributed by atoms with E-state index in [2.05, 4.69) is 0 Å². The molecule has 124 valence electrons. The van der Waals surface area contributed by atoms with Crippen LogP contribution in [-0.4, -0.2) is 24.0 Å². The van der Waals surface area contributed by atoms with Gasteiger partial charge in [-0.3, -0.25) is 4.90 Å². The summed E-state index contributed by atoms with van der Waals surface area (Å²) in [6.45, 7) is 1.72. The van der Waals surface area contributed by atoms with E-state index in [1.165, 1.54) is 6.07 Å². The molecule has 3 unspecified atom stereocenters. The molecule has 2 N–H and O–H groups in total. The van der Waals surface area contributed by atoms with Crippen LogP contribution >= 0.6 is 12.4 Å². The van der Waals surface area contributed by atoms with Crippen molar-refractivity contribution in [3.05, 3.63) is 35.1 Å². The average Bonchev–Trinajstić information content (AvgIpc) is 2.93. The van der Waals surface area contributed by atoms with Gasteiger partial charge in [-0.2, -0.15) is 13.2 Å². The molecule has 2 nitrogen and oxygen atoms in total. The molecular formula is C15H19ClF4N2. The zero-order chi connectivity index (χ0) is 15.2. The maximum absolute atomic E-state index is 13.1. The van der Waals surface area contributed by atoms with Gasteiger partial charge in [-0.25, -0.2) is 4.39 Å². The fourth-order valence-electron chi connectivity index (χ4n) is 3.72. The summed E-state index contributed by atoms with van der Waals surface area (Å²) in [4.78, 5) is 2.01. The summed E-state index contributed by atoms with van der Waals surface area (Å²) in [5.41, 5.74) is 5.30. The number of nitrogens with two attached hydrogens (primary N) is 1. The molecule has 0 spiro atoms. The van der Waals surface area contributed by atoms with Crippen molar-refractivity contribution in [2.75, 3.05) is 13.1 Å². The second kappa shape index (κ2) is 6.34. The predicted molar refractivity (Wildman–Crippen MR) is 78.1 cm³/mol. The van der Waals surface area contributed by atoms with Crippen molar-refractivity contribution in [3.8, 4) is 0 Å². The summed E-state index contributed by atoms with van der Waals surface area (Å²) < 4.78 is 52.1. The van der Waals surface area contributed by atoms with Gasteiger partial charge in [0.15, 0.2) is 0 Å². The molecule has 1 aliphatic carbocycles. The van der Waals surface area contributed by atoms with Crippen LogP contribution in [0.5, 0.6) is 0 Å². The third kappa shape index (κ3) is 3.39. The Bertz CT molecular complexity index is 535. The highest BCUT2D eigenvalue weighted by atomic mass is 35.5. The number of nitrogens with zero attached hydrogens (tertiary/aromatic N) is 1. The van der Waals surface area contributed by atoms with Gasteiger partial charge >= 0.3 is 6.18 Å². The first-order valence-electron chi connectivity index (χ1n) is 7.18. The van der Waals surface area contributed by atoms with Crippen molar-refractivity contribution in [1.82, 2.24) is 4.90 Å². The second-order valence-corrected chi connectivity index (χ2v) is 6.16. The Morgan fingerprint density at radius 1 is 1.18 bits per heavy atom. The minimum atomic E-state index is -4.52. The van der Waals surface area contributed by atoms with Crippen LogP contribution in [0.25, 0.3) is 0 Å². The van der Waals surface area contributed by atoms with E-state index in [0.717, 1.165) is 32.0 Å². The summed E-state index contributed by atoms with van der Waals surface area (Å²) >= 11 is 0. The maximum Gasteiger partial charge on any atom is 0.416 e. The zero-order valence-electron chi connectivity index (χ0n) is 11.9. The van der Waals surface area contributed by atoms with Crippen LogP contribution in [0.1, 0.15) is 24.0 Å². The molecule has 0 amide bonds. The molecule has 3 rings (SSSR count). The third-order valence-corrected chi connectivity index (χ3v) is 4.76. The Labute approximate surface area is 133 Å². The van der Waals surface area contributed by atoms with Crippen LogP contribution in [0.4, 0.5) is 17.6 Å². The van der Waals surface area contributed by atoms with Crippen molar-refractivity contribution < 1.29 is 17.6 Å². The average molecular weight is 339 g/mol. The molecule has 0 radical (unpaired) electrons. The van der Waals surface area contributed by atoms with Crippen molar-refractivity contribution in [3.63, 3.8) is 0 Å². The van der Waals surface area contributed by atoms with Gasteiger partial charge in [-0.15, -0.1) is 12.4 Å². The Balaban J connectivity index is 0.00000176. The highest BCUT2D eigenvalue weighted by Crippen LogP contribution is 2.39. The van der Waals surface area contributed by atoms with Crippen LogP contribution in [0.2, 0.25) is 0 Å². The van der Waals surface area contributed by atoms with E-state index in [4.69, 9.17) is 5.73 Å². The van der Waals surface area contributed by atoms with E-state index in [-0.39, 0.29) is 30.6 Å². The van der Waals surface area contributed by atoms with Crippen LogP contribution in [0, 0.1) is 17.7 Å². The highest BCUT2D eigenvalue weighted by Gasteiger charge is 2.41. The zero-order valence-corrected chi connectivity index (χ0v) is 12.8. The molecule has 1 aliphatic heterocycles. The minimum Gasteiger partial charge on any atom is -0.327 e. The molecule has 1 aromatic carbocycles. The molecule has 1 saturated carbocycles. The lowest BCUT2D eigenvalue weighted by atomic mass is 9.98. The first-order chi connectivity index (χ1) is 9.84. The summed E-state index contributed by atoms with van der Waals surface area (Å²) in [5.74, 6) is 0.0287. The van der Waals surface area contributed by atoms with Crippen LogP contribution in [0.15, 0.2) is 18.2 Å². The Hall–Kier alpha value is -0.850. The number of benzene rings is 1. The normalized spacial score (nSPS) is 28.5. The Morgan fingerprint density at radius 3 is 2.55 bits per heavy atom. The molecule has 2 aliphatic rings. The predicted octanol–water partition coefficient (Wildman–Crippen LogP) is 3.44. The van der Waals surface area contributed by atoms with Crippen molar-refractivity contribution in [1.29, 1.82) is 0 Å². The molecule has 2 fully saturated rings. The Morgan fingerprint density at radius 2 is 1.91 bits per heavy atom. The van der Waals surface area contributed by atoms with Crippen molar-refractivity contribution >= 4 is 12.4 Å². The number of rotatable bonds is 2. The maximum atomic E-state index is 13.1. The lowest BCUT2D eigenvalue weighted by Crippen LogP contribution is -2.30. The van der Waals surface area contributed by atoms with Crippen LogP contribution in [-0.2, 0) is 12.7 Å². The topological polar surface area (TPSA) is 29.3 Å². The SMILES string of the molecule is Cl.NC1CCC2CN(Cc3ccc(F)cc3C(F)(F)F)CC12. The number of hydrogen-bond donors (Lipinski definition) is 1. The van der Waals surface area contributed by atoms with Crippen molar-refractivity contribution in [2.24, 2.45) is 17.6 Å². The lowest BCUT2D eigenvalue weighted by molar-refractivity contribution is -0.138. The number of hydrogen-bond acceptors (Lipinski definition) is 2. The van der Waals surface area contributed by atoms with Gasteiger partial charge in [0.1, 0.15) is 5.82 Å². The fraction of sp³-hybridized carbons (Fsp3) is 0.600. The van der Waals surface area contributed by atoms with Gasteiger partial charge in [0.05, 0.1) is 5.56 Å². The van der Waals surface area contributed by atoms with E-state index < -0.39 is 17.6 Å². The summed E-state index contributed by atoms with van der Waals surface area (Å²) in [7, 11) is 0. The lowest BCUT2D eigenvalue weighted by Gasteiger charge is -2.21. The first kappa shape index (κ1) is 17.5. The molecule has 3 atom stereocenters. The first-order valence-corrected chi connectivity index (χ1v) is 7.18. The Kier molecular flexibility index (Phi) is 5.04. The van der Waals surface area contributed by atoms with Crippen LogP contribution < -0.4 is 5.73 Å². The molecule has 0 aromatic heterocycles. The molecule has 22 heavy (non-hydrogen) atoms. The smallest absolute Gasteiger partial charge is 0.327 e. The molecule has 0 bridgehead atoms. The van der Waals surface area contributed by atoms with Crippen LogP contribution in [0.3, 0.4) is 0 Å². The van der Waals surface area contributed by atoms with E-state index in [0.29, 0.717) is 17.9 Å². The highest BCUT2D eigenvalue weighted by molar-refractivity contribution is 5.85. The quantitative estimate of drug-likeness (QED) is 0.837. The number of halogens is 5. The van der Waals surface area contributed by atoms with E-state index in [9.17, 15) is 17.6 Å². The molecule has 1 saturated heterocycles. The summed E-state index contributed by atoms with van der Waals surface area (Å²) in [6, 6.07) is 3.08. The van der Waals surface area contributed by atoms with Gasteiger partial charge in [-0.05, 0) is 42.4 Å². The van der Waals surface area contributed by atoms with Crippen molar-refractivity contribution in [2.45, 2.75) is 31.6 Å². The molecule has 1 heterocycles. The third-order valence-electron chi connectivity index (χ3n) is 4.76. The van der Waals surface area contributed by atoms with Gasteiger partial charge in [-0.1, -0.05) is 6.07 Å². The van der Waals surface area contributed by atoms with E-state index in [1.54, 1.807) is 0 Å². The van der Waals surface area contributed by atoms with E-state index >= 15 is 0 Å². The van der Waals surface area contributed by atoms with Gasteiger partial charge in [0.25, 0.3) is 0 Å². The number of fused-ring (bicyclic) bond motifs is 1. The van der Waals surface area contributed by atoms with Gasteiger partial charge < -0.3 is 5.73 Å². The minimum absolute atomic E-state index is 0. The number of likely N-dealkylation sites (tertiary alicyclic amines) is 1. The molecule has 7 heteroatoms. The summed E-state index contributed by atoms with van der Waals surface area (Å²) in [6.07, 6.45) is -2.46. The molecule has 1 aromatic rings. The fourth-order valence-corrected chi connectivity index (χ4v) is 3.72. The van der Waals surface area contributed by atoms with Gasteiger partial charge in [0, 0.05) is 25.7 Å². The monoisotopic (exact) mass is 338 g/mol.